The van der Waals surface area contributed by atoms with Gasteiger partial charge in [-0.2, -0.15) is 5.10 Å². The molecule has 2 aromatic rings. The summed E-state index contributed by atoms with van der Waals surface area (Å²) in [6.07, 6.45) is 0. The van der Waals surface area contributed by atoms with Gasteiger partial charge in [0.1, 0.15) is 11.6 Å². The van der Waals surface area contributed by atoms with E-state index in [1.165, 1.54) is 19.1 Å². The lowest BCUT2D eigenvalue weighted by Crippen LogP contribution is -2.09. The second-order valence-corrected chi connectivity index (χ2v) is 5.39. The van der Waals surface area contributed by atoms with E-state index in [9.17, 15) is 8.78 Å². The van der Waals surface area contributed by atoms with Crippen molar-refractivity contribution >= 4 is 21.6 Å². The summed E-state index contributed by atoms with van der Waals surface area (Å²) in [4.78, 5) is 0. The molecule has 3 nitrogen and oxygen atoms in total. The highest BCUT2D eigenvalue weighted by molar-refractivity contribution is 9.10. The zero-order valence-corrected chi connectivity index (χ0v) is 13.2. The van der Waals surface area contributed by atoms with Crippen LogP contribution in [0, 0.1) is 25.5 Å². The van der Waals surface area contributed by atoms with Crippen molar-refractivity contribution in [1.29, 1.82) is 0 Å². The summed E-state index contributed by atoms with van der Waals surface area (Å²) in [6, 6.07) is 2.37. The lowest BCUT2D eigenvalue weighted by atomic mass is 10.2. The van der Waals surface area contributed by atoms with E-state index < -0.39 is 11.6 Å². The lowest BCUT2D eigenvalue weighted by molar-refractivity contribution is 0.592. The predicted octanol–water partition coefficient (Wildman–Crippen LogP) is 4.17. The number of nitrogens with one attached hydrogen (secondary N) is 1. The fourth-order valence-corrected chi connectivity index (χ4v) is 2.42. The Morgan fingerprint density at radius 1 is 1.25 bits per heavy atom. The van der Waals surface area contributed by atoms with Crippen LogP contribution in [-0.4, -0.2) is 9.78 Å². The summed E-state index contributed by atoms with van der Waals surface area (Å²) < 4.78 is 30.0. The molecule has 108 valence electrons. The SMILES string of the molecule is CCn1nc(C)c(Br)c1CNc1cc(F)c(C)cc1F. The topological polar surface area (TPSA) is 29.9 Å². The number of aryl methyl sites for hydroxylation is 3. The first-order chi connectivity index (χ1) is 9.43. The fraction of sp³-hybridized carbons (Fsp3) is 0.357. The number of hydrogen-bond donors (Lipinski definition) is 1. The van der Waals surface area contributed by atoms with Gasteiger partial charge in [-0.15, -0.1) is 0 Å². The lowest BCUT2D eigenvalue weighted by Gasteiger charge is -2.10. The molecule has 0 atom stereocenters. The highest BCUT2D eigenvalue weighted by Gasteiger charge is 2.13. The molecule has 1 aromatic carbocycles. The molecule has 0 fully saturated rings. The van der Waals surface area contributed by atoms with Gasteiger partial charge in [0.05, 0.1) is 28.1 Å². The van der Waals surface area contributed by atoms with Gasteiger partial charge in [0.2, 0.25) is 0 Å². The van der Waals surface area contributed by atoms with E-state index in [0.29, 0.717) is 18.7 Å². The number of halogens is 3. The average molecular weight is 344 g/mol. The van der Waals surface area contributed by atoms with Crippen molar-refractivity contribution in [3.63, 3.8) is 0 Å². The van der Waals surface area contributed by atoms with Gasteiger partial charge < -0.3 is 5.32 Å². The van der Waals surface area contributed by atoms with Crippen molar-refractivity contribution in [3.8, 4) is 0 Å². The van der Waals surface area contributed by atoms with Crippen molar-refractivity contribution < 1.29 is 8.78 Å². The third-order valence-electron chi connectivity index (χ3n) is 3.15. The zero-order valence-electron chi connectivity index (χ0n) is 11.6. The second-order valence-electron chi connectivity index (χ2n) is 4.60. The van der Waals surface area contributed by atoms with E-state index in [0.717, 1.165) is 15.9 Å². The Morgan fingerprint density at radius 2 is 1.95 bits per heavy atom. The molecule has 0 aliphatic rings. The molecule has 0 saturated carbocycles. The van der Waals surface area contributed by atoms with E-state index in [-0.39, 0.29) is 5.69 Å². The summed E-state index contributed by atoms with van der Waals surface area (Å²) in [5.41, 5.74) is 2.23. The Morgan fingerprint density at radius 3 is 2.60 bits per heavy atom. The maximum absolute atomic E-state index is 13.8. The third-order valence-corrected chi connectivity index (χ3v) is 4.18. The van der Waals surface area contributed by atoms with E-state index in [1.807, 2.05) is 18.5 Å². The van der Waals surface area contributed by atoms with E-state index in [2.05, 4.69) is 26.3 Å². The van der Waals surface area contributed by atoms with Crippen LogP contribution in [-0.2, 0) is 13.1 Å². The summed E-state index contributed by atoms with van der Waals surface area (Å²) in [5, 5.41) is 7.28. The minimum absolute atomic E-state index is 0.154. The minimum atomic E-state index is -0.459. The van der Waals surface area contributed by atoms with Crippen LogP contribution in [0.1, 0.15) is 23.9 Å². The van der Waals surface area contributed by atoms with Crippen LogP contribution >= 0.6 is 15.9 Å². The van der Waals surface area contributed by atoms with Gasteiger partial charge in [-0.05, 0) is 48.3 Å². The van der Waals surface area contributed by atoms with Crippen molar-refractivity contribution in [2.45, 2.75) is 33.9 Å². The summed E-state index contributed by atoms with van der Waals surface area (Å²) in [6.45, 7) is 6.50. The molecule has 0 saturated heterocycles. The molecule has 0 unspecified atom stereocenters. The van der Waals surface area contributed by atoms with Crippen LogP contribution < -0.4 is 5.32 Å². The van der Waals surface area contributed by atoms with Gasteiger partial charge in [-0.25, -0.2) is 8.78 Å². The molecule has 1 heterocycles. The van der Waals surface area contributed by atoms with Crippen LogP contribution in [0.3, 0.4) is 0 Å². The highest BCUT2D eigenvalue weighted by Crippen LogP contribution is 2.24. The largest absolute Gasteiger partial charge is 0.377 e. The first-order valence-corrected chi connectivity index (χ1v) is 7.14. The molecule has 0 amide bonds. The molecule has 1 N–H and O–H groups in total. The summed E-state index contributed by atoms with van der Waals surface area (Å²) in [7, 11) is 0. The molecule has 1 aromatic heterocycles. The number of anilines is 1. The van der Waals surface area contributed by atoms with Crippen molar-refractivity contribution in [3.05, 3.63) is 45.2 Å². The molecule has 20 heavy (non-hydrogen) atoms. The van der Waals surface area contributed by atoms with Gasteiger partial charge >= 0.3 is 0 Å². The first kappa shape index (κ1) is 15.0. The molecule has 6 heteroatoms. The quantitative estimate of drug-likeness (QED) is 0.902. The third kappa shape index (κ3) is 2.85. The molecule has 0 radical (unpaired) electrons. The number of rotatable bonds is 4. The van der Waals surface area contributed by atoms with Gasteiger partial charge in [-0.1, -0.05) is 0 Å². The van der Waals surface area contributed by atoms with Crippen LogP contribution in [0.15, 0.2) is 16.6 Å². The maximum Gasteiger partial charge on any atom is 0.146 e. The smallest absolute Gasteiger partial charge is 0.146 e. The molecule has 0 spiro atoms. The maximum atomic E-state index is 13.8. The molecule has 0 bridgehead atoms. The molecular formula is C14H16BrF2N3. The average Bonchev–Trinajstić information content (AvgIpc) is 2.68. The fourth-order valence-electron chi connectivity index (χ4n) is 2.00. The van der Waals surface area contributed by atoms with Crippen LogP contribution in [0.5, 0.6) is 0 Å². The van der Waals surface area contributed by atoms with Gasteiger partial charge in [0, 0.05) is 12.6 Å². The van der Waals surface area contributed by atoms with Gasteiger partial charge in [0.25, 0.3) is 0 Å². The molecule has 0 aliphatic heterocycles. The number of benzene rings is 1. The van der Waals surface area contributed by atoms with Crippen molar-refractivity contribution in [1.82, 2.24) is 9.78 Å². The Labute approximate surface area is 125 Å². The summed E-state index contributed by atoms with van der Waals surface area (Å²) >= 11 is 3.47. The van der Waals surface area contributed by atoms with Crippen LogP contribution in [0.4, 0.5) is 14.5 Å². The first-order valence-electron chi connectivity index (χ1n) is 6.35. The van der Waals surface area contributed by atoms with Crippen LogP contribution in [0.2, 0.25) is 0 Å². The molecule has 0 aliphatic carbocycles. The van der Waals surface area contributed by atoms with E-state index >= 15 is 0 Å². The van der Waals surface area contributed by atoms with Crippen LogP contribution in [0.25, 0.3) is 0 Å². The van der Waals surface area contributed by atoms with Gasteiger partial charge in [0.15, 0.2) is 0 Å². The summed E-state index contributed by atoms with van der Waals surface area (Å²) in [5.74, 6) is -0.882. The van der Waals surface area contributed by atoms with E-state index in [1.54, 1.807) is 0 Å². The minimum Gasteiger partial charge on any atom is -0.377 e. The second kappa shape index (κ2) is 5.91. The monoisotopic (exact) mass is 343 g/mol. The Hall–Kier alpha value is -1.43. The Balaban J connectivity index is 2.23. The number of hydrogen-bond acceptors (Lipinski definition) is 2. The van der Waals surface area contributed by atoms with Crippen molar-refractivity contribution in [2.75, 3.05) is 5.32 Å². The highest BCUT2D eigenvalue weighted by atomic mass is 79.9. The molecule has 2 rings (SSSR count). The standard InChI is InChI=1S/C14H16BrF2N3/c1-4-20-13(14(15)9(3)19-20)7-18-12-6-10(16)8(2)5-11(12)17/h5-6,18H,4,7H2,1-3H3. The normalized spacial score (nSPS) is 10.9. The number of nitrogens with zero attached hydrogens (tertiary/aromatic N) is 2. The van der Waals surface area contributed by atoms with Crippen molar-refractivity contribution in [2.24, 2.45) is 0 Å². The van der Waals surface area contributed by atoms with E-state index in [4.69, 9.17) is 0 Å². The Kier molecular flexibility index (Phi) is 4.42. The Bertz CT molecular complexity index is 638. The van der Waals surface area contributed by atoms with Gasteiger partial charge in [-0.3, -0.25) is 4.68 Å². The predicted molar refractivity (Wildman–Crippen MR) is 78.8 cm³/mol. The number of aromatic nitrogens is 2. The zero-order chi connectivity index (χ0) is 14.9. The molecular weight excluding hydrogens is 328 g/mol.